The summed E-state index contributed by atoms with van der Waals surface area (Å²) in [5, 5.41) is 11.3. The molecule has 4 aliphatic rings. The molecule has 26 heavy (non-hydrogen) atoms. The first-order valence-corrected chi connectivity index (χ1v) is 11.2. The van der Waals surface area contributed by atoms with Gasteiger partial charge in [-0.1, -0.05) is 36.5 Å². The van der Waals surface area contributed by atoms with Crippen LogP contribution >= 0.6 is 7.37 Å². The highest BCUT2D eigenvalue weighted by atomic mass is 31.2. The minimum Gasteiger partial charge on any atom is -0.491 e. The third kappa shape index (κ3) is 3.54. The molecule has 0 amide bonds. The summed E-state index contributed by atoms with van der Waals surface area (Å²) in [6.07, 6.45) is 20.0. The summed E-state index contributed by atoms with van der Waals surface area (Å²) in [7, 11) is -3.11. The Morgan fingerprint density at radius 1 is 1.23 bits per heavy atom. The highest BCUT2D eigenvalue weighted by Gasteiger charge is 2.43. The van der Waals surface area contributed by atoms with Gasteiger partial charge in [0, 0.05) is 17.7 Å². The van der Waals surface area contributed by atoms with Crippen molar-refractivity contribution in [3.05, 3.63) is 71.0 Å². The Labute approximate surface area is 154 Å². The second kappa shape index (κ2) is 7.46. The average molecular weight is 372 g/mol. The summed E-state index contributed by atoms with van der Waals surface area (Å²) >= 11 is 0. The zero-order chi connectivity index (χ0) is 18.0. The summed E-state index contributed by atoms with van der Waals surface area (Å²) in [5.74, 6) is 1.74. The van der Waals surface area contributed by atoms with Crippen LogP contribution in [0, 0.1) is 5.92 Å². The van der Waals surface area contributed by atoms with Gasteiger partial charge in [-0.2, -0.15) is 0 Å². The van der Waals surface area contributed by atoms with E-state index in [4.69, 9.17) is 9.26 Å². The molecule has 4 rings (SSSR count). The monoisotopic (exact) mass is 372 g/mol. The van der Waals surface area contributed by atoms with Crippen LogP contribution < -0.4 is 0 Å². The number of hydrogen-bond donors (Lipinski definition) is 1. The topological polar surface area (TPSA) is 55.8 Å². The van der Waals surface area contributed by atoms with E-state index in [2.05, 4.69) is 24.3 Å². The molecule has 0 aromatic rings. The van der Waals surface area contributed by atoms with Crippen molar-refractivity contribution in [2.45, 2.75) is 38.2 Å². The lowest BCUT2D eigenvalue weighted by molar-refractivity contribution is 0.0876. The predicted molar refractivity (Wildman–Crippen MR) is 103 cm³/mol. The maximum Gasteiger partial charge on any atom is 0.276 e. The Hall–Kier alpha value is -1.77. The van der Waals surface area contributed by atoms with Crippen LogP contribution in [0.15, 0.2) is 71.0 Å². The molecule has 0 saturated heterocycles. The largest absolute Gasteiger partial charge is 0.491 e. The molecule has 1 heterocycles. The van der Waals surface area contributed by atoms with Crippen LogP contribution in [0.4, 0.5) is 0 Å². The fourth-order valence-corrected chi connectivity index (χ4v) is 6.55. The van der Waals surface area contributed by atoms with Gasteiger partial charge < -0.3 is 14.4 Å². The lowest BCUT2D eigenvalue weighted by Gasteiger charge is -2.38. The summed E-state index contributed by atoms with van der Waals surface area (Å²) in [4.78, 5) is 0. The van der Waals surface area contributed by atoms with Crippen molar-refractivity contribution in [2.24, 2.45) is 5.92 Å². The van der Waals surface area contributed by atoms with Crippen molar-refractivity contribution in [3.63, 3.8) is 0 Å². The van der Waals surface area contributed by atoms with Crippen LogP contribution in [0.25, 0.3) is 0 Å². The van der Waals surface area contributed by atoms with Gasteiger partial charge in [-0.15, -0.1) is 0 Å². The van der Waals surface area contributed by atoms with Crippen LogP contribution in [-0.4, -0.2) is 24.0 Å². The van der Waals surface area contributed by atoms with Gasteiger partial charge in [0.25, 0.3) is 7.37 Å². The fraction of sp³-hybridized carbons (Fsp3) is 0.429. The van der Waals surface area contributed by atoms with Gasteiger partial charge in [0.1, 0.15) is 18.1 Å². The highest BCUT2D eigenvalue weighted by molar-refractivity contribution is 7.63. The summed E-state index contributed by atoms with van der Waals surface area (Å²) in [5.41, 5.74) is 1.15. The van der Waals surface area contributed by atoms with Crippen molar-refractivity contribution in [2.75, 3.05) is 12.8 Å². The number of aliphatic hydroxyl groups excluding tert-OH is 1. The first-order valence-electron chi connectivity index (χ1n) is 9.39. The van der Waals surface area contributed by atoms with Crippen LogP contribution in [0.2, 0.25) is 0 Å². The summed E-state index contributed by atoms with van der Waals surface area (Å²) in [6.45, 7) is 0.128. The number of hydrogen-bond acceptors (Lipinski definition) is 4. The molecular weight excluding hydrogens is 347 g/mol. The highest BCUT2D eigenvalue weighted by Crippen LogP contribution is 2.66. The van der Waals surface area contributed by atoms with Crippen molar-refractivity contribution in [3.8, 4) is 0 Å². The molecule has 3 aliphatic carbocycles. The molecule has 0 fully saturated rings. The summed E-state index contributed by atoms with van der Waals surface area (Å²) in [6, 6.07) is 0. The van der Waals surface area contributed by atoms with Gasteiger partial charge in [-0.05, 0) is 43.4 Å². The van der Waals surface area contributed by atoms with Crippen molar-refractivity contribution in [1.82, 2.24) is 0 Å². The molecule has 3 unspecified atom stereocenters. The standard InChI is InChI=1S/C21H25O4P/c22-16(14-24-17-8-2-1-3-9-17)15-26(23)21-13-7-5-11-19(21)18-10-4-6-12-20(18)25-26/h2,4-5,7-10,13,16,19,22H,1,3,6,11-12,14-15H2. The molecular formula is C21H25O4P. The Kier molecular flexibility index (Phi) is 5.06. The molecule has 5 heteroatoms. The van der Waals surface area contributed by atoms with E-state index in [-0.39, 0.29) is 18.7 Å². The Balaban J connectivity index is 1.50. The molecule has 1 N–H and O–H groups in total. The Bertz CT molecular complexity index is 797. The smallest absolute Gasteiger partial charge is 0.276 e. The van der Waals surface area contributed by atoms with E-state index >= 15 is 0 Å². The quantitative estimate of drug-likeness (QED) is 0.692. The average Bonchev–Trinajstić information content (AvgIpc) is 2.67. The third-order valence-electron chi connectivity index (χ3n) is 5.17. The van der Waals surface area contributed by atoms with E-state index in [1.807, 2.05) is 24.3 Å². The van der Waals surface area contributed by atoms with Gasteiger partial charge in [-0.25, -0.2) is 0 Å². The Morgan fingerprint density at radius 2 is 2.12 bits per heavy atom. The van der Waals surface area contributed by atoms with Crippen molar-refractivity contribution >= 4 is 7.37 Å². The molecule has 4 nitrogen and oxygen atoms in total. The maximum atomic E-state index is 13.7. The zero-order valence-electron chi connectivity index (χ0n) is 14.8. The Morgan fingerprint density at radius 3 is 2.96 bits per heavy atom. The van der Waals surface area contributed by atoms with Gasteiger partial charge in [0.2, 0.25) is 0 Å². The second-order valence-electron chi connectivity index (χ2n) is 7.13. The molecule has 1 aliphatic heterocycles. The van der Waals surface area contributed by atoms with Crippen molar-refractivity contribution in [1.29, 1.82) is 0 Å². The van der Waals surface area contributed by atoms with Gasteiger partial charge >= 0.3 is 0 Å². The minimum absolute atomic E-state index is 0.0979. The van der Waals surface area contributed by atoms with Gasteiger partial charge in [0.15, 0.2) is 0 Å². The fourth-order valence-electron chi connectivity index (χ4n) is 3.92. The number of fused-ring (bicyclic) bond motifs is 2. The van der Waals surface area contributed by atoms with E-state index < -0.39 is 13.5 Å². The molecule has 0 aromatic heterocycles. The lowest BCUT2D eigenvalue weighted by atomic mass is 9.87. The van der Waals surface area contributed by atoms with E-state index in [0.29, 0.717) is 0 Å². The molecule has 138 valence electrons. The van der Waals surface area contributed by atoms with E-state index in [1.165, 1.54) is 0 Å². The van der Waals surface area contributed by atoms with Crippen LogP contribution in [-0.2, 0) is 13.8 Å². The minimum atomic E-state index is -3.11. The van der Waals surface area contributed by atoms with Gasteiger partial charge in [-0.3, -0.25) is 4.57 Å². The molecule has 0 spiro atoms. The molecule has 0 aromatic carbocycles. The first kappa shape index (κ1) is 17.6. The third-order valence-corrected chi connectivity index (χ3v) is 7.84. The van der Waals surface area contributed by atoms with Crippen LogP contribution in [0.1, 0.15) is 32.1 Å². The molecule has 0 radical (unpaired) electrons. The number of aliphatic hydroxyl groups is 1. The maximum absolute atomic E-state index is 13.7. The van der Waals surface area contributed by atoms with Gasteiger partial charge in [0.05, 0.1) is 12.3 Å². The van der Waals surface area contributed by atoms with Crippen molar-refractivity contribution < 1.29 is 18.9 Å². The second-order valence-corrected chi connectivity index (χ2v) is 9.54. The van der Waals surface area contributed by atoms with E-state index in [0.717, 1.165) is 54.5 Å². The van der Waals surface area contributed by atoms with E-state index in [9.17, 15) is 9.67 Å². The predicted octanol–water partition coefficient (Wildman–Crippen LogP) is 4.97. The zero-order valence-corrected chi connectivity index (χ0v) is 15.7. The number of rotatable bonds is 5. The molecule has 0 bridgehead atoms. The van der Waals surface area contributed by atoms with Crippen LogP contribution in [0.5, 0.6) is 0 Å². The summed E-state index contributed by atoms with van der Waals surface area (Å²) < 4.78 is 25.4. The lowest BCUT2D eigenvalue weighted by Crippen LogP contribution is -2.26. The van der Waals surface area contributed by atoms with Crippen LogP contribution in [0.3, 0.4) is 0 Å². The normalized spacial score (nSPS) is 30.7. The first-order chi connectivity index (χ1) is 12.7. The SMILES string of the molecule is O=P1(CC(O)COC2=CCCC=C2)OC2=C(C=CCC2)C2CC=CC=C21. The molecule has 3 atom stereocenters. The molecule has 0 saturated carbocycles. The number of allylic oxidation sites excluding steroid dienone is 11. The van der Waals surface area contributed by atoms with E-state index in [1.54, 1.807) is 0 Å². The number of ether oxygens (including phenoxy) is 1.